The van der Waals surface area contributed by atoms with Crippen LogP contribution in [-0.4, -0.2) is 41.5 Å². The van der Waals surface area contributed by atoms with Gasteiger partial charge in [0.15, 0.2) is 11.9 Å². The van der Waals surface area contributed by atoms with Crippen molar-refractivity contribution in [3.63, 3.8) is 0 Å². The van der Waals surface area contributed by atoms with Gasteiger partial charge in [0.1, 0.15) is 11.6 Å². The van der Waals surface area contributed by atoms with E-state index >= 15 is 0 Å². The SMILES string of the molecule is CCCN=C(N)Nc1ccc(Cc2ccc(NC3=NCCN3)nc2)cn1.Cl.Cl. The lowest BCUT2D eigenvalue weighted by atomic mass is 10.1. The zero-order valence-electron chi connectivity index (χ0n) is 15.7. The van der Waals surface area contributed by atoms with Crippen LogP contribution in [0.4, 0.5) is 11.6 Å². The van der Waals surface area contributed by atoms with Gasteiger partial charge in [0, 0.05) is 31.9 Å². The first-order valence-corrected chi connectivity index (χ1v) is 8.75. The van der Waals surface area contributed by atoms with Crippen molar-refractivity contribution >= 4 is 48.4 Å². The Bertz CT molecular complexity index is 775. The maximum Gasteiger partial charge on any atom is 0.197 e. The summed E-state index contributed by atoms with van der Waals surface area (Å²) in [6.07, 6.45) is 5.42. The third kappa shape index (κ3) is 7.21. The van der Waals surface area contributed by atoms with Crippen LogP contribution in [0.5, 0.6) is 0 Å². The molecule has 0 amide bonds. The summed E-state index contributed by atoms with van der Waals surface area (Å²) in [7, 11) is 0. The van der Waals surface area contributed by atoms with E-state index in [1.54, 1.807) is 0 Å². The molecule has 2 aromatic rings. The maximum absolute atomic E-state index is 5.80. The minimum absolute atomic E-state index is 0. The smallest absolute Gasteiger partial charge is 0.197 e. The lowest BCUT2D eigenvalue weighted by molar-refractivity contribution is 0.929. The molecule has 0 saturated carbocycles. The van der Waals surface area contributed by atoms with Gasteiger partial charge in [0.05, 0.1) is 6.54 Å². The number of guanidine groups is 2. The molecule has 8 nitrogen and oxygen atoms in total. The van der Waals surface area contributed by atoms with E-state index in [0.717, 1.165) is 48.8 Å². The molecule has 1 aliphatic rings. The van der Waals surface area contributed by atoms with Gasteiger partial charge in [-0.05, 0) is 29.7 Å². The minimum Gasteiger partial charge on any atom is -0.370 e. The minimum atomic E-state index is 0. The average Bonchev–Trinajstić information content (AvgIpc) is 3.16. The number of halogens is 2. The van der Waals surface area contributed by atoms with Crippen LogP contribution in [-0.2, 0) is 6.42 Å². The first kappa shape index (κ1) is 23.5. The number of hydrogen-bond donors (Lipinski definition) is 4. The zero-order valence-corrected chi connectivity index (χ0v) is 17.3. The van der Waals surface area contributed by atoms with E-state index in [-0.39, 0.29) is 24.8 Å². The fourth-order valence-electron chi connectivity index (χ4n) is 2.45. The molecule has 0 atom stereocenters. The molecule has 152 valence electrons. The van der Waals surface area contributed by atoms with Crippen molar-refractivity contribution < 1.29 is 0 Å². The molecule has 0 aromatic carbocycles. The Hall–Kier alpha value is -2.58. The normalized spacial score (nSPS) is 12.9. The van der Waals surface area contributed by atoms with E-state index in [0.29, 0.717) is 18.3 Å². The van der Waals surface area contributed by atoms with Gasteiger partial charge in [-0.2, -0.15) is 0 Å². The van der Waals surface area contributed by atoms with Crippen molar-refractivity contribution in [2.75, 3.05) is 30.3 Å². The van der Waals surface area contributed by atoms with Crippen molar-refractivity contribution in [3.8, 4) is 0 Å². The number of pyridine rings is 2. The number of hydrogen-bond acceptors (Lipinski definition) is 6. The van der Waals surface area contributed by atoms with Crippen LogP contribution in [0.1, 0.15) is 24.5 Å². The van der Waals surface area contributed by atoms with Crippen molar-refractivity contribution in [3.05, 3.63) is 47.8 Å². The maximum atomic E-state index is 5.80. The fourth-order valence-corrected chi connectivity index (χ4v) is 2.45. The average molecular weight is 425 g/mol. The Morgan fingerprint density at radius 2 is 1.79 bits per heavy atom. The number of aromatic nitrogens is 2. The zero-order chi connectivity index (χ0) is 18.2. The summed E-state index contributed by atoms with van der Waals surface area (Å²) >= 11 is 0. The second-order valence-electron chi connectivity index (χ2n) is 5.95. The topological polar surface area (TPSA) is 113 Å². The van der Waals surface area contributed by atoms with E-state index in [1.807, 2.05) is 36.7 Å². The molecule has 0 unspecified atom stereocenters. The van der Waals surface area contributed by atoms with Crippen molar-refractivity contribution in [2.45, 2.75) is 19.8 Å². The van der Waals surface area contributed by atoms with Crippen LogP contribution < -0.4 is 21.7 Å². The monoisotopic (exact) mass is 424 g/mol. The third-order valence-corrected chi connectivity index (χ3v) is 3.74. The summed E-state index contributed by atoms with van der Waals surface area (Å²) in [6, 6.07) is 7.92. The molecule has 0 radical (unpaired) electrons. The fraction of sp³-hybridized carbons (Fsp3) is 0.333. The quantitative estimate of drug-likeness (QED) is 0.418. The number of nitrogens with zero attached hydrogens (tertiary/aromatic N) is 4. The highest BCUT2D eigenvalue weighted by molar-refractivity contribution is 5.93. The highest BCUT2D eigenvalue weighted by Crippen LogP contribution is 2.12. The standard InChI is InChI=1S/C18H24N8.2ClH/c1-2-7-20-17(19)25-15-5-3-13(11-23-15)10-14-4-6-16(24-12-14)26-18-21-8-9-22-18;;/h3-6,11-12H,2,7-10H2,1H3,(H3,19,20,23,25)(H2,21,22,24,26);2*1H. The van der Waals surface area contributed by atoms with Crippen LogP contribution >= 0.6 is 24.8 Å². The summed E-state index contributed by atoms with van der Waals surface area (Å²) in [4.78, 5) is 17.3. The highest BCUT2D eigenvalue weighted by Gasteiger charge is 2.06. The predicted molar refractivity (Wildman–Crippen MR) is 120 cm³/mol. The molecule has 3 rings (SSSR count). The van der Waals surface area contributed by atoms with Crippen LogP contribution in [0.2, 0.25) is 0 Å². The molecule has 0 fully saturated rings. The number of nitrogens with two attached hydrogens (primary N) is 1. The number of nitrogens with one attached hydrogen (secondary N) is 3. The lowest BCUT2D eigenvalue weighted by Gasteiger charge is -2.08. The van der Waals surface area contributed by atoms with Crippen molar-refractivity contribution in [1.29, 1.82) is 0 Å². The molecule has 5 N–H and O–H groups in total. The summed E-state index contributed by atoms with van der Waals surface area (Å²) in [5.41, 5.74) is 8.01. The van der Waals surface area contributed by atoms with Gasteiger partial charge in [0.25, 0.3) is 0 Å². The van der Waals surface area contributed by atoms with E-state index in [2.05, 4.69) is 42.8 Å². The third-order valence-electron chi connectivity index (χ3n) is 3.74. The highest BCUT2D eigenvalue weighted by atomic mass is 35.5. The summed E-state index contributed by atoms with van der Waals surface area (Å²) in [6.45, 7) is 4.43. The Morgan fingerprint density at radius 1 is 1.11 bits per heavy atom. The van der Waals surface area contributed by atoms with Gasteiger partial charge < -0.3 is 21.7 Å². The molecule has 0 aliphatic carbocycles. The molecular weight excluding hydrogens is 399 g/mol. The summed E-state index contributed by atoms with van der Waals surface area (Å²) < 4.78 is 0. The summed E-state index contributed by atoms with van der Waals surface area (Å²) in [5, 5.41) is 9.30. The number of anilines is 2. The van der Waals surface area contributed by atoms with E-state index < -0.39 is 0 Å². The predicted octanol–water partition coefficient (Wildman–Crippen LogP) is 2.42. The van der Waals surface area contributed by atoms with Gasteiger partial charge in [-0.1, -0.05) is 19.1 Å². The van der Waals surface area contributed by atoms with E-state index in [4.69, 9.17) is 5.73 Å². The Labute approximate surface area is 177 Å². The molecule has 0 bridgehead atoms. The molecule has 2 aromatic heterocycles. The Balaban J connectivity index is 0.00000196. The summed E-state index contributed by atoms with van der Waals surface area (Å²) in [5.74, 6) is 2.63. The van der Waals surface area contributed by atoms with Crippen LogP contribution in [0.25, 0.3) is 0 Å². The van der Waals surface area contributed by atoms with Crippen LogP contribution in [0.3, 0.4) is 0 Å². The molecule has 3 heterocycles. The van der Waals surface area contributed by atoms with Gasteiger partial charge in [-0.25, -0.2) is 9.97 Å². The first-order valence-electron chi connectivity index (χ1n) is 8.75. The Morgan fingerprint density at radius 3 is 2.32 bits per heavy atom. The van der Waals surface area contributed by atoms with E-state index in [9.17, 15) is 0 Å². The second kappa shape index (κ2) is 12.0. The molecule has 0 saturated heterocycles. The number of aliphatic imine (C=N–C) groups is 2. The lowest BCUT2D eigenvalue weighted by Crippen LogP contribution is -2.26. The van der Waals surface area contributed by atoms with E-state index in [1.165, 1.54) is 0 Å². The second-order valence-corrected chi connectivity index (χ2v) is 5.95. The van der Waals surface area contributed by atoms with Crippen LogP contribution in [0, 0.1) is 0 Å². The van der Waals surface area contributed by atoms with Crippen LogP contribution in [0.15, 0.2) is 46.6 Å². The molecule has 28 heavy (non-hydrogen) atoms. The first-order chi connectivity index (χ1) is 12.7. The molecular formula is C18H26Cl2N8. The Kier molecular flexibility index (Phi) is 10.0. The number of rotatable bonds is 6. The molecule has 10 heteroatoms. The largest absolute Gasteiger partial charge is 0.370 e. The van der Waals surface area contributed by atoms with Gasteiger partial charge in [0.2, 0.25) is 0 Å². The molecule has 0 spiro atoms. The molecule has 1 aliphatic heterocycles. The van der Waals surface area contributed by atoms with Gasteiger partial charge >= 0.3 is 0 Å². The van der Waals surface area contributed by atoms with Crippen molar-refractivity contribution in [1.82, 2.24) is 15.3 Å². The van der Waals surface area contributed by atoms with Gasteiger partial charge in [-0.3, -0.25) is 9.98 Å². The van der Waals surface area contributed by atoms with Gasteiger partial charge in [-0.15, -0.1) is 24.8 Å². The van der Waals surface area contributed by atoms with Crippen molar-refractivity contribution in [2.24, 2.45) is 15.7 Å².